The highest BCUT2D eigenvalue weighted by Gasteiger charge is 2.25. The Kier molecular flexibility index (Phi) is 6.28. The number of hydrogen-bond acceptors (Lipinski definition) is 3. The Balaban J connectivity index is 1.78. The molecule has 1 atom stereocenters. The van der Waals surface area contributed by atoms with Gasteiger partial charge in [-0.25, -0.2) is 0 Å². The van der Waals surface area contributed by atoms with E-state index >= 15 is 0 Å². The van der Waals surface area contributed by atoms with Crippen molar-refractivity contribution in [2.45, 2.75) is 45.3 Å². The first kappa shape index (κ1) is 17.6. The molecule has 0 aromatic heterocycles. The predicted molar refractivity (Wildman–Crippen MR) is 89.6 cm³/mol. The number of amides is 2. The Morgan fingerprint density at radius 1 is 1.30 bits per heavy atom. The Labute approximate surface area is 141 Å². The lowest BCUT2D eigenvalue weighted by Crippen LogP contribution is -2.49. The summed E-state index contributed by atoms with van der Waals surface area (Å²) >= 11 is 5.82. The van der Waals surface area contributed by atoms with E-state index in [0.29, 0.717) is 30.3 Å². The maximum Gasteiger partial charge on any atom is 0.260 e. The molecule has 6 heteroatoms. The standard InChI is InChI=1S/C17H23ClN2O3/c1-3-16(21)20-10-8-14(9-11-20)19-17(22)12(2)23-15-6-4-13(18)5-7-15/h4-7,12,14H,3,8-11H2,1-2H3,(H,19,22). The van der Waals surface area contributed by atoms with Crippen molar-refractivity contribution in [1.82, 2.24) is 10.2 Å². The summed E-state index contributed by atoms with van der Waals surface area (Å²) in [6, 6.07) is 7.02. The third-order valence-electron chi connectivity index (χ3n) is 3.99. The molecule has 1 N–H and O–H groups in total. The summed E-state index contributed by atoms with van der Waals surface area (Å²) in [5, 5.41) is 3.63. The zero-order valence-corrected chi connectivity index (χ0v) is 14.3. The van der Waals surface area contributed by atoms with Gasteiger partial charge in [0, 0.05) is 30.6 Å². The van der Waals surface area contributed by atoms with E-state index in [-0.39, 0.29) is 17.9 Å². The lowest BCUT2D eigenvalue weighted by atomic mass is 10.0. The van der Waals surface area contributed by atoms with Crippen LogP contribution < -0.4 is 10.1 Å². The van der Waals surface area contributed by atoms with E-state index in [1.54, 1.807) is 31.2 Å². The molecule has 1 aliphatic rings. The number of carbonyl (C=O) groups excluding carboxylic acids is 2. The Morgan fingerprint density at radius 3 is 2.48 bits per heavy atom. The molecule has 2 amide bonds. The fourth-order valence-electron chi connectivity index (χ4n) is 2.59. The van der Waals surface area contributed by atoms with Crippen molar-refractivity contribution in [3.63, 3.8) is 0 Å². The first-order chi connectivity index (χ1) is 11.0. The van der Waals surface area contributed by atoms with Crippen LogP contribution in [-0.2, 0) is 9.59 Å². The van der Waals surface area contributed by atoms with Crippen molar-refractivity contribution in [2.24, 2.45) is 0 Å². The summed E-state index contributed by atoms with van der Waals surface area (Å²) in [6.07, 6.45) is 1.52. The van der Waals surface area contributed by atoms with Gasteiger partial charge < -0.3 is 15.0 Å². The van der Waals surface area contributed by atoms with Crippen molar-refractivity contribution in [1.29, 1.82) is 0 Å². The molecule has 1 saturated heterocycles. The molecule has 2 rings (SSSR count). The first-order valence-electron chi connectivity index (χ1n) is 8.00. The van der Waals surface area contributed by atoms with Crippen LogP contribution in [-0.4, -0.2) is 41.9 Å². The molecular formula is C17H23ClN2O3. The highest BCUT2D eigenvalue weighted by atomic mass is 35.5. The lowest BCUT2D eigenvalue weighted by molar-refractivity contribution is -0.132. The van der Waals surface area contributed by atoms with Crippen molar-refractivity contribution in [2.75, 3.05) is 13.1 Å². The Morgan fingerprint density at radius 2 is 1.91 bits per heavy atom. The highest BCUT2D eigenvalue weighted by Crippen LogP contribution is 2.17. The number of likely N-dealkylation sites (tertiary alicyclic amines) is 1. The molecule has 1 fully saturated rings. The minimum Gasteiger partial charge on any atom is -0.481 e. The summed E-state index contributed by atoms with van der Waals surface area (Å²) in [5.41, 5.74) is 0. The van der Waals surface area contributed by atoms with Crippen LogP contribution >= 0.6 is 11.6 Å². The molecule has 5 nitrogen and oxygen atoms in total. The molecule has 23 heavy (non-hydrogen) atoms. The summed E-state index contributed by atoms with van der Waals surface area (Å²) in [4.78, 5) is 25.7. The molecule has 0 spiro atoms. The quantitative estimate of drug-likeness (QED) is 0.897. The van der Waals surface area contributed by atoms with Gasteiger partial charge in [-0.3, -0.25) is 9.59 Å². The number of carbonyl (C=O) groups is 2. The number of nitrogens with one attached hydrogen (secondary N) is 1. The average Bonchev–Trinajstić information content (AvgIpc) is 2.56. The van der Waals surface area contributed by atoms with Crippen LogP contribution in [0.25, 0.3) is 0 Å². The molecule has 1 aromatic carbocycles. The van der Waals surface area contributed by atoms with Crippen LogP contribution in [0.5, 0.6) is 5.75 Å². The molecule has 1 aliphatic heterocycles. The van der Waals surface area contributed by atoms with Gasteiger partial charge in [0.25, 0.3) is 5.91 Å². The second-order valence-electron chi connectivity index (χ2n) is 5.73. The van der Waals surface area contributed by atoms with Gasteiger partial charge in [-0.2, -0.15) is 0 Å². The molecule has 1 aromatic rings. The summed E-state index contributed by atoms with van der Waals surface area (Å²) in [6.45, 7) is 4.99. The van der Waals surface area contributed by atoms with Crippen LogP contribution in [0.4, 0.5) is 0 Å². The Bertz CT molecular complexity index is 539. The number of ether oxygens (including phenoxy) is 1. The first-order valence-corrected chi connectivity index (χ1v) is 8.37. The maximum atomic E-state index is 12.2. The molecule has 0 radical (unpaired) electrons. The van der Waals surface area contributed by atoms with Crippen molar-refractivity contribution >= 4 is 23.4 Å². The number of piperidine rings is 1. The molecule has 0 bridgehead atoms. The zero-order chi connectivity index (χ0) is 16.8. The van der Waals surface area contributed by atoms with E-state index < -0.39 is 6.10 Å². The minimum absolute atomic E-state index is 0.0969. The molecule has 0 saturated carbocycles. The second-order valence-corrected chi connectivity index (χ2v) is 6.17. The van der Waals surface area contributed by atoms with Gasteiger partial charge in [0.15, 0.2) is 6.10 Å². The fourth-order valence-corrected chi connectivity index (χ4v) is 2.71. The van der Waals surface area contributed by atoms with Gasteiger partial charge in [-0.05, 0) is 44.0 Å². The second kappa shape index (κ2) is 8.20. The minimum atomic E-state index is -0.577. The molecule has 1 heterocycles. The van der Waals surface area contributed by atoms with E-state index in [2.05, 4.69) is 5.32 Å². The zero-order valence-electron chi connectivity index (χ0n) is 13.5. The summed E-state index contributed by atoms with van der Waals surface area (Å²) < 4.78 is 5.61. The van der Waals surface area contributed by atoms with E-state index in [1.165, 1.54) is 0 Å². The van der Waals surface area contributed by atoms with E-state index in [4.69, 9.17) is 16.3 Å². The van der Waals surface area contributed by atoms with Gasteiger partial charge >= 0.3 is 0 Å². The third-order valence-corrected chi connectivity index (χ3v) is 4.24. The van der Waals surface area contributed by atoms with Gasteiger partial charge in [-0.15, -0.1) is 0 Å². The van der Waals surface area contributed by atoms with E-state index in [1.807, 2.05) is 11.8 Å². The number of benzene rings is 1. The summed E-state index contributed by atoms with van der Waals surface area (Å²) in [5.74, 6) is 0.648. The molecule has 0 aliphatic carbocycles. The van der Waals surface area contributed by atoms with Gasteiger partial charge in [0.05, 0.1) is 0 Å². The van der Waals surface area contributed by atoms with E-state index in [9.17, 15) is 9.59 Å². The normalized spacial score (nSPS) is 16.7. The van der Waals surface area contributed by atoms with Crippen LogP contribution in [0.15, 0.2) is 24.3 Å². The van der Waals surface area contributed by atoms with Gasteiger partial charge in [-0.1, -0.05) is 18.5 Å². The SMILES string of the molecule is CCC(=O)N1CCC(NC(=O)C(C)Oc2ccc(Cl)cc2)CC1. The van der Waals surface area contributed by atoms with Crippen molar-refractivity contribution in [3.8, 4) is 5.75 Å². The van der Waals surface area contributed by atoms with Gasteiger partial charge in [0.2, 0.25) is 5.91 Å². The lowest BCUT2D eigenvalue weighted by Gasteiger charge is -2.32. The number of halogens is 1. The number of rotatable bonds is 5. The maximum absolute atomic E-state index is 12.2. The monoisotopic (exact) mass is 338 g/mol. The highest BCUT2D eigenvalue weighted by molar-refractivity contribution is 6.30. The largest absolute Gasteiger partial charge is 0.481 e. The summed E-state index contributed by atoms with van der Waals surface area (Å²) in [7, 11) is 0. The Hall–Kier alpha value is -1.75. The van der Waals surface area contributed by atoms with Crippen LogP contribution in [0.3, 0.4) is 0 Å². The topological polar surface area (TPSA) is 58.6 Å². The fraction of sp³-hybridized carbons (Fsp3) is 0.529. The number of hydrogen-bond donors (Lipinski definition) is 1. The predicted octanol–water partition coefficient (Wildman–Crippen LogP) is 2.62. The molecular weight excluding hydrogens is 316 g/mol. The molecule has 126 valence electrons. The van der Waals surface area contributed by atoms with Crippen LogP contribution in [0, 0.1) is 0 Å². The average molecular weight is 339 g/mol. The van der Waals surface area contributed by atoms with Crippen LogP contribution in [0.1, 0.15) is 33.1 Å². The van der Waals surface area contributed by atoms with E-state index in [0.717, 1.165) is 12.8 Å². The van der Waals surface area contributed by atoms with Crippen LogP contribution in [0.2, 0.25) is 5.02 Å². The third kappa shape index (κ3) is 5.13. The van der Waals surface area contributed by atoms with Gasteiger partial charge in [0.1, 0.15) is 5.75 Å². The molecule has 1 unspecified atom stereocenters. The smallest absolute Gasteiger partial charge is 0.260 e. The number of nitrogens with zero attached hydrogens (tertiary/aromatic N) is 1. The van der Waals surface area contributed by atoms with Crippen molar-refractivity contribution < 1.29 is 14.3 Å². The van der Waals surface area contributed by atoms with Crippen molar-refractivity contribution in [3.05, 3.63) is 29.3 Å².